The van der Waals surface area contributed by atoms with Crippen molar-refractivity contribution in [1.29, 1.82) is 0 Å². The van der Waals surface area contributed by atoms with Crippen molar-refractivity contribution >= 4 is 6.03 Å². The number of hydrogen-bond donors (Lipinski definition) is 1. The van der Waals surface area contributed by atoms with Gasteiger partial charge < -0.3 is 19.4 Å². The molecule has 0 radical (unpaired) electrons. The van der Waals surface area contributed by atoms with Crippen molar-refractivity contribution in [1.82, 2.24) is 20.4 Å². The summed E-state index contributed by atoms with van der Waals surface area (Å²) in [4.78, 5) is 13.7. The minimum atomic E-state index is -0.126. The van der Waals surface area contributed by atoms with E-state index in [0.29, 0.717) is 37.8 Å². The molecule has 112 valence electrons. The van der Waals surface area contributed by atoms with E-state index >= 15 is 0 Å². The Labute approximate surface area is 118 Å². The predicted octanol–water partition coefficient (Wildman–Crippen LogP) is 1.34. The fourth-order valence-electron chi connectivity index (χ4n) is 2.10. The molecule has 0 aliphatic carbocycles. The van der Waals surface area contributed by atoms with Gasteiger partial charge in [0.05, 0.1) is 6.10 Å². The summed E-state index contributed by atoms with van der Waals surface area (Å²) < 4.78 is 10.9. The summed E-state index contributed by atoms with van der Waals surface area (Å²) in [5.74, 6) is 1.06. The van der Waals surface area contributed by atoms with Crippen LogP contribution in [0.2, 0.25) is 0 Å². The molecule has 7 heteroatoms. The lowest BCUT2D eigenvalue weighted by atomic mass is 10.2. The molecule has 2 heterocycles. The average Bonchev–Trinajstić information content (AvgIpc) is 3.13. The molecule has 1 saturated heterocycles. The summed E-state index contributed by atoms with van der Waals surface area (Å²) in [6, 6.07) is -0.126. The lowest BCUT2D eigenvalue weighted by molar-refractivity contribution is 0.108. The van der Waals surface area contributed by atoms with Crippen molar-refractivity contribution < 1.29 is 13.9 Å². The summed E-state index contributed by atoms with van der Waals surface area (Å²) in [6.07, 6.45) is 2.92. The number of rotatable bonds is 6. The summed E-state index contributed by atoms with van der Waals surface area (Å²) in [6.45, 7) is 6.13. The van der Waals surface area contributed by atoms with Crippen LogP contribution >= 0.6 is 0 Å². The molecule has 2 rings (SSSR count). The molecular formula is C13H22N4O3. The van der Waals surface area contributed by atoms with Crippen LogP contribution in [0.5, 0.6) is 0 Å². The summed E-state index contributed by atoms with van der Waals surface area (Å²) in [5, 5.41) is 10.7. The van der Waals surface area contributed by atoms with Crippen molar-refractivity contribution in [2.24, 2.45) is 0 Å². The zero-order valence-electron chi connectivity index (χ0n) is 12.1. The van der Waals surface area contributed by atoms with E-state index in [-0.39, 0.29) is 12.1 Å². The average molecular weight is 282 g/mol. The number of urea groups is 1. The number of nitrogens with one attached hydrogen (secondary N) is 1. The highest BCUT2D eigenvalue weighted by atomic mass is 16.5. The Morgan fingerprint density at radius 1 is 1.40 bits per heavy atom. The Morgan fingerprint density at radius 2 is 2.20 bits per heavy atom. The number of amides is 2. The van der Waals surface area contributed by atoms with Gasteiger partial charge in [0.1, 0.15) is 6.54 Å². The SMILES string of the molecule is CCc1nnc(CN(CC)C(=O)NC[C@@H]2CCCO2)o1. The van der Waals surface area contributed by atoms with Gasteiger partial charge >= 0.3 is 6.03 Å². The second-order valence-electron chi connectivity index (χ2n) is 4.78. The Kier molecular flexibility index (Phi) is 5.34. The predicted molar refractivity (Wildman–Crippen MR) is 72.1 cm³/mol. The number of carbonyl (C=O) groups excluding carboxylic acids is 1. The summed E-state index contributed by atoms with van der Waals surface area (Å²) in [7, 11) is 0. The number of ether oxygens (including phenoxy) is 1. The van der Waals surface area contributed by atoms with Crippen LogP contribution in [0, 0.1) is 0 Å². The van der Waals surface area contributed by atoms with Gasteiger partial charge in [0, 0.05) is 26.1 Å². The standard InChI is InChI=1S/C13H22N4O3/c1-3-11-15-16-12(20-11)9-17(4-2)13(18)14-8-10-6-5-7-19-10/h10H,3-9H2,1-2H3,(H,14,18)/t10-/m0/s1. The zero-order valence-corrected chi connectivity index (χ0v) is 12.1. The van der Waals surface area contributed by atoms with Crippen LogP contribution in [0.3, 0.4) is 0 Å². The second-order valence-corrected chi connectivity index (χ2v) is 4.78. The van der Waals surface area contributed by atoms with Gasteiger partial charge in [-0.05, 0) is 19.8 Å². The molecular weight excluding hydrogens is 260 g/mol. The Bertz CT molecular complexity index is 429. The van der Waals surface area contributed by atoms with Crippen molar-refractivity contribution in [3.8, 4) is 0 Å². The highest BCUT2D eigenvalue weighted by molar-refractivity contribution is 5.74. The first-order chi connectivity index (χ1) is 9.72. The minimum Gasteiger partial charge on any atom is -0.423 e. The quantitative estimate of drug-likeness (QED) is 0.851. The van der Waals surface area contributed by atoms with Gasteiger partial charge in [-0.1, -0.05) is 6.92 Å². The normalized spacial score (nSPS) is 18.2. The maximum absolute atomic E-state index is 12.1. The molecule has 20 heavy (non-hydrogen) atoms. The van der Waals surface area contributed by atoms with E-state index in [4.69, 9.17) is 9.15 Å². The lowest BCUT2D eigenvalue weighted by Gasteiger charge is -2.20. The van der Waals surface area contributed by atoms with E-state index in [2.05, 4.69) is 15.5 Å². The van der Waals surface area contributed by atoms with E-state index in [1.807, 2.05) is 13.8 Å². The van der Waals surface area contributed by atoms with Crippen molar-refractivity contribution in [2.45, 2.75) is 45.8 Å². The lowest BCUT2D eigenvalue weighted by Crippen LogP contribution is -2.42. The third kappa shape index (κ3) is 3.93. The van der Waals surface area contributed by atoms with Gasteiger partial charge in [-0.15, -0.1) is 10.2 Å². The third-order valence-electron chi connectivity index (χ3n) is 3.31. The van der Waals surface area contributed by atoms with Crippen LogP contribution in [0.25, 0.3) is 0 Å². The molecule has 1 aromatic heterocycles. The van der Waals surface area contributed by atoms with Gasteiger partial charge in [-0.3, -0.25) is 0 Å². The van der Waals surface area contributed by atoms with Crippen LogP contribution in [0.15, 0.2) is 4.42 Å². The number of aryl methyl sites for hydroxylation is 1. The molecule has 7 nitrogen and oxygen atoms in total. The van der Waals surface area contributed by atoms with Crippen LogP contribution in [-0.2, 0) is 17.7 Å². The smallest absolute Gasteiger partial charge is 0.317 e. The molecule has 1 N–H and O–H groups in total. The zero-order chi connectivity index (χ0) is 14.4. The van der Waals surface area contributed by atoms with Gasteiger partial charge in [-0.2, -0.15) is 0 Å². The molecule has 0 unspecified atom stereocenters. The largest absolute Gasteiger partial charge is 0.423 e. The van der Waals surface area contributed by atoms with Gasteiger partial charge in [0.15, 0.2) is 0 Å². The topological polar surface area (TPSA) is 80.5 Å². The molecule has 0 aromatic carbocycles. The van der Waals surface area contributed by atoms with Gasteiger partial charge in [0.2, 0.25) is 11.8 Å². The molecule has 1 atom stereocenters. The molecule has 1 aliphatic rings. The Hall–Kier alpha value is -1.63. The van der Waals surface area contributed by atoms with E-state index in [1.54, 1.807) is 4.90 Å². The van der Waals surface area contributed by atoms with Crippen molar-refractivity contribution in [3.63, 3.8) is 0 Å². The first-order valence-corrected chi connectivity index (χ1v) is 7.18. The first-order valence-electron chi connectivity index (χ1n) is 7.18. The van der Waals surface area contributed by atoms with E-state index in [9.17, 15) is 4.79 Å². The van der Waals surface area contributed by atoms with E-state index in [0.717, 1.165) is 19.4 Å². The molecule has 0 spiro atoms. The first kappa shape index (κ1) is 14.8. The minimum absolute atomic E-state index is 0.126. The van der Waals surface area contributed by atoms with Gasteiger partial charge in [0.25, 0.3) is 0 Å². The van der Waals surface area contributed by atoms with Gasteiger partial charge in [-0.25, -0.2) is 4.79 Å². The molecule has 0 saturated carbocycles. The third-order valence-corrected chi connectivity index (χ3v) is 3.31. The molecule has 1 fully saturated rings. The van der Waals surface area contributed by atoms with E-state index in [1.165, 1.54) is 0 Å². The fraction of sp³-hybridized carbons (Fsp3) is 0.769. The summed E-state index contributed by atoms with van der Waals surface area (Å²) in [5.41, 5.74) is 0. The number of hydrogen-bond acceptors (Lipinski definition) is 5. The van der Waals surface area contributed by atoms with Crippen LogP contribution in [0.4, 0.5) is 4.79 Å². The summed E-state index contributed by atoms with van der Waals surface area (Å²) >= 11 is 0. The molecule has 1 aliphatic heterocycles. The maximum Gasteiger partial charge on any atom is 0.317 e. The van der Waals surface area contributed by atoms with Crippen molar-refractivity contribution in [2.75, 3.05) is 19.7 Å². The van der Waals surface area contributed by atoms with Crippen LogP contribution in [-0.4, -0.2) is 46.9 Å². The maximum atomic E-state index is 12.1. The fourth-order valence-corrected chi connectivity index (χ4v) is 2.10. The Morgan fingerprint density at radius 3 is 2.80 bits per heavy atom. The molecule has 2 amide bonds. The van der Waals surface area contributed by atoms with Crippen LogP contribution in [0.1, 0.15) is 38.5 Å². The van der Waals surface area contributed by atoms with E-state index < -0.39 is 0 Å². The van der Waals surface area contributed by atoms with Crippen molar-refractivity contribution in [3.05, 3.63) is 11.8 Å². The molecule has 1 aromatic rings. The highest BCUT2D eigenvalue weighted by Gasteiger charge is 2.19. The highest BCUT2D eigenvalue weighted by Crippen LogP contribution is 2.11. The van der Waals surface area contributed by atoms with Crippen LogP contribution < -0.4 is 5.32 Å². The number of carbonyl (C=O) groups is 1. The Balaban J connectivity index is 1.81. The second kappa shape index (κ2) is 7.23. The number of aromatic nitrogens is 2. The monoisotopic (exact) mass is 282 g/mol. The number of nitrogens with zero attached hydrogens (tertiary/aromatic N) is 3. The molecule has 0 bridgehead atoms.